The predicted molar refractivity (Wildman–Crippen MR) is 153 cm³/mol. The maximum Gasteiger partial charge on any atom is 0.263 e. The van der Waals surface area contributed by atoms with Crippen molar-refractivity contribution >= 4 is 44.4 Å². The maximum absolute atomic E-state index is 13.4. The summed E-state index contributed by atoms with van der Waals surface area (Å²) in [4.78, 5) is 41.8. The molecular formula is C26H35N7O6S. The first-order valence-corrected chi connectivity index (χ1v) is 14.9. The molecule has 2 aliphatic rings. The lowest BCUT2D eigenvalue weighted by Gasteiger charge is -2.29. The molecule has 3 aromatic rings. The zero-order chi connectivity index (χ0) is 29.0. The number of hydrogen-bond acceptors (Lipinski definition) is 11. The number of rotatable bonds is 6. The number of aryl methyl sites for hydroxylation is 1. The highest BCUT2D eigenvalue weighted by Gasteiger charge is 2.26. The monoisotopic (exact) mass is 573 g/mol. The number of hydrogen-bond donors (Lipinski definition) is 3. The average Bonchev–Trinajstić information content (AvgIpc) is 3.43. The Labute approximate surface area is 232 Å². The van der Waals surface area contributed by atoms with Crippen LogP contribution in [0.15, 0.2) is 23.3 Å². The third-order valence-corrected chi connectivity index (χ3v) is 7.02. The Kier molecular flexibility index (Phi) is 9.01. The number of fused-ring (bicyclic) bond motifs is 1. The third-order valence-electron chi connectivity index (χ3n) is 7.02. The lowest BCUT2D eigenvalue weighted by atomic mass is 10.0. The first-order valence-electron chi connectivity index (χ1n) is 13.1. The van der Waals surface area contributed by atoms with Gasteiger partial charge in [0.15, 0.2) is 17.4 Å². The fourth-order valence-corrected chi connectivity index (χ4v) is 5.19. The number of anilines is 3. The van der Waals surface area contributed by atoms with E-state index in [1.807, 2.05) is 12.3 Å². The Morgan fingerprint density at radius 3 is 2.42 bits per heavy atom. The standard InChI is InChI=1S/C25H31N7O3.CH4O3S/c1-15-19-14-28-25(29-22-20(35-3)12-18(13-27-22)31-10-8-26-9-11-31)30-23(19)32(17-6-4-5-7-17)24(34)21(15)16(2)33;1-5(2,3)4/h12-14,17,26H,4-11H2,1-3H3,(H,27,28,29,30);1H3,(H,2,3,4). The van der Waals surface area contributed by atoms with E-state index in [1.54, 1.807) is 24.8 Å². The van der Waals surface area contributed by atoms with Gasteiger partial charge in [0.1, 0.15) is 5.65 Å². The van der Waals surface area contributed by atoms with E-state index >= 15 is 0 Å². The quantitative estimate of drug-likeness (QED) is 0.291. The van der Waals surface area contributed by atoms with Crippen molar-refractivity contribution in [2.45, 2.75) is 45.6 Å². The van der Waals surface area contributed by atoms with E-state index in [0.29, 0.717) is 40.4 Å². The van der Waals surface area contributed by atoms with E-state index in [9.17, 15) is 18.0 Å². The number of piperazine rings is 1. The van der Waals surface area contributed by atoms with Gasteiger partial charge in [-0.15, -0.1) is 0 Å². The fourth-order valence-electron chi connectivity index (χ4n) is 5.19. The van der Waals surface area contributed by atoms with Crippen LogP contribution in [0.25, 0.3) is 11.0 Å². The van der Waals surface area contributed by atoms with Crippen molar-refractivity contribution in [3.05, 3.63) is 39.9 Å². The highest BCUT2D eigenvalue weighted by atomic mass is 32.2. The number of carbonyl (C=O) groups is 1. The van der Waals surface area contributed by atoms with Crippen LogP contribution in [0.4, 0.5) is 17.5 Å². The van der Waals surface area contributed by atoms with Crippen LogP contribution in [0.1, 0.15) is 54.6 Å². The Morgan fingerprint density at radius 1 is 1.18 bits per heavy atom. The second-order valence-corrected chi connectivity index (χ2v) is 11.4. The van der Waals surface area contributed by atoms with Gasteiger partial charge in [-0.2, -0.15) is 13.4 Å². The van der Waals surface area contributed by atoms with Gasteiger partial charge in [-0.3, -0.25) is 18.7 Å². The Morgan fingerprint density at radius 2 is 1.82 bits per heavy atom. The molecule has 14 heteroatoms. The zero-order valence-corrected chi connectivity index (χ0v) is 23.9. The smallest absolute Gasteiger partial charge is 0.263 e. The van der Waals surface area contributed by atoms with Crippen molar-refractivity contribution in [3.63, 3.8) is 0 Å². The van der Waals surface area contributed by atoms with Crippen LogP contribution in [0, 0.1) is 6.92 Å². The zero-order valence-electron chi connectivity index (χ0n) is 23.1. The predicted octanol–water partition coefficient (Wildman–Crippen LogP) is 2.48. The van der Waals surface area contributed by atoms with Crippen molar-refractivity contribution in [1.82, 2.24) is 24.8 Å². The van der Waals surface area contributed by atoms with Gasteiger partial charge in [0.05, 0.1) is 30.8 Å². The van der Waals surface area contributed by atoms with Crippen LogP contribution in [-0.2, 0) is 10.1 Å². The fraction of sp³-hybridized carbons (Fsp3) is 0.500. The average molecular weight is 574 g/mol. The topological polar surface area (TPSA) is 169 Å². The van der Waals surface area contributed by atoms with Crippen molar-refractivity contribution in [1.29, 1.82) is 0 Å². The minimum Gasteiger partial charge on any atom is -0.493 e. The summed E-state index contributed by atoms with van der Waals surface area (Å²) in [6, 6.07) is 1.98. The van der Waals surface area contributed by atoms with Gasteiger partial charge in [-0.1, -0.05) is 12.8 Å². The van der Waals surface area contributed by atoms with E-state index in [0.717, 1.165) is 57.5 Å². The molecule has 0 bridgehead atoms. The summed E-state index contributed by atoms with van der Waals surface area (Å²) in [7, 11) is -2.06. The molecule has 1 aliphatic heterocycles. The summed E-state index contributed by atoms with van der Waals surface area (Å²) in [6.45, 7) is 6.90. The number of carbonyl (C=O) groups excluding carboxylic acids is 1. The number of nitrogens with zero attached hydrogens (tertiary/aromatic N) is 5. The van der Waals surface area contributed by atoms with E-state index in [1.165, 1.54) is 6.92 Å². The molecule has 40 heavy (non-hydrogen) atoms. The minimum absolute atomic E-state index is 0.0254. The van der Waals surface area contributed by atoms with Crippen LogP contribution in [0.5, 0.6) is 5.75 Å². The molecule has 0 radical (unpaired) electrons. The highest BCUT2D eigenvalue weighted by Crippen LogP contribution is 2.33. The molecule has 216 valence electrons. The van der Waals surface area contributed by atoms with Gasteiger partial charge in [0.25, 0.3) is 15.7 Å². The van der Waals surface area contributed by atoms with E-state index in [4.69, 9.17) is 14.3 Å². The third kappa shape index (κ3) is 6.74. The molecule has 1 saturated carbocycles. The van der Waals surface area contributed by atoms with Crippen LogP contribution in [0.3, 0.4) is 0 Å². The summed E-state index contributed by atoms with van der Waals surface area (Å²) in [5, 5.41) is 7.23. The molecule has 1 aliphatic carbocycles. The van der Waals surface area contributed by atoms with Gasteiger partial charge in [-0.05, 0) is 32.3 Å². The molecule has 1 saturated heterocycles. The number of pyridine rings is 2. The molecule has 3 aromatic heterocycles. The van der Waals surface area contributed by atoms with Crippen LogP contribution < -0.4 is 25.8 Å². The molecule has 4 heterocycles. The molecule has 0 aromatic carbocycles. The van der Waals surface area contributed by atoms with Crippen LogP contribution >= 0.6 is 0 Å². The molecule has 0 spiro atoms. The van der Waals surface area contributed by atoms with E-state index in [-0.39, 0.29) is 22.9 Å². The summed E-state index contributed by atoms with van der Waals surface area (Å²) in [5.41, 5.74) is 2.11. The van der Waals surface area contributed by atoms with Gasteiger partial charge < -0.3 is 20.3 Å². The van der Waals surface area contributed by atoms with Gasteiger partial charge >= 0.3 is 0 Å². The van der Waals surface area contributed by atoms with E-state index < -0.39 is 10.1 Å². The number of ether oxygens (including phenoxy) is 1. The Hall–Kier alpha value is -3.62. The summed E-state index contributed by atoms with van der Waals surface area (Å²) >= 11 is 0. The number of methoxy groups -OCH3 is 1. The van der Waals surface area contributed by atoms with Gasteiger partial charge in [0.2, 0.25) is 5.95 Å². The summed E-state index contributed by atoms with van der Waals surface area (Å²) < 4.78 is 33.2. The SMILES string of the molecule is COc1cc(N2CCNCC2)cnc1Nc1ncc2c(C)c(C(C)=O)c(=O)n(C3CCCC3)c2n1.CS(=O)(=O)O. The van der Waals surface area contributed by atoms with Crippen molar-refractivity contribution in [2.75, 3.05) is 49.8 Å². The molecule has 0 amide bonds. The Bertz CT molecular complexity index is 1550. The first-order chi connectivity index (χ1) is 19.0. The summed E-state index contributed by atoms with van der Waals surface area (Å²) in [5.74, 6) is 1.17. The van der Waals surface area contributed by atoms with Crippen LogP contribution in [-0.4, -0.2) is 77.8 Å². The highest BCUT2D eigenvalue weighted by molar-refractivity contribution is 7.85. The van der Waals surface area contributed by atoms with Gasteiger partial charge in [-0.25, -0.2) is 9.97 Å². The second-order valence-electron chi connectivity index (χ2n) is 9.94. The number of ketones is 1. The first kappa shape index (κ1) is 29.4. The number of Topliss-reactive ketones (excluding diaryl/α,β-unsaturated/α-hetero) is 1. The Balaban J connectivity index is 0.000000681. The van der Waals surface area contributed by atoms with E-state index in [2.05, 4.69) is 25.5 Å². The molecule has 0 unspecified atom stereocenters. The van der Waals surface area contributed by atoms with Crippen LogP contribution in [0.2, 0.25) is 0 Å². The summed E-state index contributed by atoms with van der Waals surface area (Å²) in [6.07, 6.45) is 8.11. The number of aromatic nitrogens is 4. The van der Waals surface area contributed by atoms with Crippen molar-refractivity contribution < 1.29 is 22.5 Å². The molecular weight excluding hydrogens is 538 g/mol. The maximum atomic E-state index is 13.4. The minimum atomic E-state index is -3.67. The van der Waals surface area contributed by atoms with Crippen molar-refractivity contribution in [2.24, 2.45) is 0 Å². The molecule has 2 fully saturated rings. The normalized spacial score (nSPS) is 16.0. The molecule has 13 nitrogen and oxygen atoms in total. The molecule has 3 N–H and O–H groups in total. The largest absolute Gasteiger partial charge is 0.493 e. The lowest BCUT2D eigenvalue weighted by molar-refractivity contribution is 0.101. The number of nitrogens with one attached hydrogen (secondary N) is 2. The molecule has 5 rings (SSSR count). The van der Waals surface area contributed by atoms with Crippen molar-refractivity contribution in [3.8, 4) is 5.75 Å². The molecule has 0 atom stereocenters. The van der Waals surface area contributed by atoms with Gasteiger partial charge in [0, 0.05) is 49.9 Å². The lowest BCUT2D eigenvalue weighted by Crippen LogP contribution is -2.43. The second kappa shape index (κ2) is 12.3.